The third-order valence-corrected chi connectivity index (χ3v) is 3.93. The first-order valence-corrected chi connectivity index (χ1v) is 7.18. The van der Waals surface area contributed by atoms with Gasteiger partial charge in [0.2, 0.25) is 5.88 Å². The van der Waals surface area contributed by atoms with Crippen molar-refractivity contribution in [3.8, 4) is 5.88 Å². The SMILES string of the molecule is CCOc1ccc(/C=C/B2OC(C)(C)C(C)(C)O2)c(N)n1. The summed E-state index contributed by atoms with van der Waals surface area (Å²) >= 11 is 0. The number of ether oxygens (including phenoxy) is 1. The number of nitrogens with two attached hydrogens (primary N) is 1. The molecule has 0 aliphatic carbocycles. The molecule has 1 aliphatic rings. The van der Waals surface area contributed by atoms with E-state index in [0.29, 0.717) is 18.3 Å². The number of pyridine rings is 1. The molecule has 1 aromatic heterocycles. The normalized spacial score (nSPS) is 20.1. The lowest BCUT2D eigenvalue weighted by atomic mass is 9.89. The summed E-state index contributed by atoms with van der Waals surface area (Å²) in [5.74, 6) is 2.81. The van der Waals surface area contributed by atoms with Crippen molar-refractivity contribution in [2.24, 2.45) is 0 Å². The highest BCUT2D eigenvalue weighted by Crippen LogP contribution is 2.37. The highest BCUT2D eigenvalue weighted by Gasteiger charge is 2.49. The maximum absolute atomic E-state index is 5.92. The van der Waals surface area contributed by atoms with Crippen LogP contribution in [-0.4, -0.2) is 29.9 Å². The molecule has 0 atom stereocenters. The monoisotopic (exact) mass is 290 g/mol. The second-order valence-electron chi connectivity index (χ2n) is 6.04. The van der Waals surface area contributed by atoms with E-state index < -0.39 is 0 Å². The number of hydrogen-bond acceptors (Lipinski definition) is 5. The minimum absolute atomic E-state index is 0.343. The van der Waals surface area contributed by atoms with Crippen LogP contribution >= 0.6 is 0 Å². The van der Waals surface area contributed by atoms with Gasteiger partial charge in [-0.05, 0) is 40.7 Å². The van der Waals surface area contributed by atoms with Crippen LogP contribution in [0.1, 0.15) is 40.2 Å². The third-order valence-electron chi connectivity index (χ3n) is 3.93. The Kier molecular flexibility index (Phi) is 4.30. The number of aromatic nitrogens is 1. The van der Waals surface area contributed by atoms with Gasteiger partial charge in [-0.2, -0.15) is 4.98 Å². The van der Waals surface area contributed by atoms with Gasteiger partial charge in [0.25, 0.3) is 0 Å². The molecule has 0 aromatic carbocycles. The average molecular weight is 290 g/mol. The number of anilines is 1. The Morgan fingerprint density at radius 2 is 1.86 bits per heavy atom. The zero-order valence-electron chi connectivity index (χ0n) is 13.3. The minimum Gasteiger partial charge on any atom is -0.478 e. The molecule has 1 aromatic rings. The molecule has 1 saturated heterocycles. The lowest BCUT2D eigenvalue weighted by Crippen LogP contribution is -2.41. The zero-order valence-corrected chi connectivity index (χ0v) is 13.3. The van der Waals surface area contributed by atoms with E-state index in [0.717, 1.165) is 5.56 Å². The van der Waals surface area contributed by atoms with E-state index in [1.54, 1.807) is 6.07 Å². The lowest BCUT2D eigenvalue weighted by molar-refractivity contribution is 0.00578. The Labute approximate surface area is 126 Å². The average Bonchev–Trinajstić information content (AvgIpc) is 2.57. The van der Waals surface area contributed by atoms with E-state index in [2.05, 4.69) is 4.98 Å². The van der Waals surface area contributed by atoms with E-state index in [-0.39, 0.29) is 18.3 Å². The Morgan fingerprint density at radius 3 is 2.38 bits per heavy atom. The number of hydrogen-bond donors (Lipinski definition) is 1. The molecule has 1 fully saturated rings. The smallest absolute Gasteiger partial charge is 0.478 e. The summed E-state index contributed by atoms with van der Waals surface area (Å²) < 4.78 is 17.1. The zero-order chi connectivity index (χ0) is 15.7. The van der Waals surface area contributed by atoms with Crippen LogP contribution in [0.15, 0.2) is 18.1 Å². The van der Waals surface area contributed by atoms with Gasteiger partial charge in [-0.3, -0.25) is 0 Å². The predicted octanol–water partition coefficient (Wildman–Crippen LogP) is 2.71. The Morgan fingerprint density at radius 1 is 1.24 bits per heavy atom. The van der Waals surface area contributed by atoms with Gasteiger partial charge in [-0.15, -0.1) is 0 Å². The first kappa shape index (κ1) is 15.9. The predicted molar refractivity (Wildman–Crippen MR) is 84.9 cm³/mol. The van der Waals surface area contributed by atoms with Gasteiger partial charge in [-0.25, -0.2) is 0 Å². The molecule has 0 unspecified atom stereocenters. The Hall–Kier alpha value is -1.53. The van der Waals surface area contributed by atoms with Crippen LogP contribution in [0.4, 0.5) is 5.82 Å². The molecule has 6 heteroatoms. The third kappa shape index (κ3) is 3.39. The Balaban J connectivity index is 2.09. The van der Waals surface area contributed by atoms with E-state index in [9.17, 15) is 0 Å². The Bertz CT molecular complexity index is 528. The van der Waals surface area contributed by atoms with Gasteiger partial charge in [0.15, 0.2) is 0 Å². The second kappa shape index (κ2) is 5.69. The molecule has 0 radical (unpaired) electrons. The molecule has 0 saturated carbocycles. The lowest BCUT2D eigenvalue weighted by Gasteiger charge is -2.32. The van der Waals surface area contributed by atoms with Crippen molar-refractivity contribution < 1.29 is 14.0 Å². The largest absolute Gasteiger partial charge is 0.487 e. The van der Waals surface area contributed by atoms with Crippen LogP contribution in [0.3, 0.4) is 0 Å². The van der Waals surface area contributed by atoms with Gasteiger partial charge < -0.3 is 19.8 Å². The van der Waals surface area contributed by atoms with Gasteiger partial charge in [0, 0.05) is 11.6 Å². The summed E-state index contributed by atoms with van der Waals surface area (Å²) in [5.41, 5.74) is 6.05. The van der Waals surface area contributed by atoms with Crippen LogP contribution in [0.25, 0.3) is 6.08 Å². The van der Waals surface area contributed by atoms with Crippen molar-refractivity contribution >= 4 is 19.0 Å². The van der Waals surface area contributed by atoms with Crippen molar-refractivity contribution in [3.05, 3.63) is 23.7 Å². The second-order valence-corrected chi connectivity index (χ2v) is 6.04. The quantitative estimate of drug-likeness (QED) is 0.864. The summed E-state index contributed by atoms with van der Waals surface area (Å²) in [6.45, 7) is 10.6. The van der Waals surface area contributed by atoms with Crippen LogP contribution in [0, 0.1) is 0 Å². The molecule has 2 heterocycles. The van der Waals surface area contributed by atoms with Crippen molar-refractivity contribution in [1.29, 1.82) is 0 Å². The van der Waals surface area contributed by atoms with Gasteiger partial charge in [0.05, 0.1) is 17.8 Å². The fourth-order valence-corrected chi connectivity index (χ4v) is 1.99. The minimum atomic E-state index is -0.388. The van der Waals surface area contributed by atoms with E-state index in [1.165, 1.54) is 0 Å². The first-order valence-electron chi connectivity index (χ1n) is 7.18. The molecular weight excluding hydrogens is 267 g/mol. The molecule has 5 nitrogen and oxygen atoms in total. The number of rotatable bonds is 4. The fraction of sp³-hybridized carbons (Fsp3) is 0.533. The van der Waals surface area contributed by atoms with Crippen LogP contribution in [-0.2, 0) is 9.31 Å². The highest BCUT2D eigenvalue weighted by atomic mass is 16.7. The van der Waals surface area contributed by atoms with Crippen molar-refractivity contribution in [3.63, 3.8) is 0 Å². The molecule has 114 valence electrons. The summed E-state index contributed by atoms with van der Waals surface area (Å²) in [6, 6.07) is 3.67. The van der Waals surface area contributed by atoms with Crippen molar-refractivity contribution in [1.82, 2.24) is 4.98 Å². The van der Waals surface area contributed by atoms with E-state index >= 15 is 0 Å². The topological polar surface area (TPSA) is 66.6 Å². The summed E-state index contributed by atoms with van der Waals surface area (Å²) in [4.78, 5) is 4.19. The molecule has 0 amide bonds. The maximum Gasteiger partial charge on any atom is 0.487 e. The number of nitrogens with zero attached hydrogens (tertiary/aromatic N) is 1. The molecule has 0 bridgehead atoms. The molecule has 0 spiro atoms. The van der Waals surface area contributed by atoms with Gasteiger partial charge in [0.1, 0.15) is 5.82 Å². The standard InChI is InChI=1S/C15H23BN2O3/c1-6-19-12-8-7-11(13(17)18-12)9-10-16-20-14(2,3)15(4,5)21-16/h7-10H,6H2,1-5H3,(H2,17,18)/b10-9+. The molecule has 1 aliphatic heterocycles. The fourth-order valence-electron chi connectivity index (χ4n) is 1.99. The maximum atomic E-state index is 5.92. The van der Waals surface area contributed by atoms with E-state index in [1.807, 2.05) is 52.7 Å². The summed E-state index contributed by atoms with van der Waals surface area (Å²) in [6.07, 6.45) is 1.86. The highest BCUT2D eigenvalue weighted by molar-refractivity contribution is 6.52. The van der Waals surface area contributed by atoms with Crippen molar-refractivity contribution in [2.75, 3.05) is 12.3 Å². The van der Waals surface area contributed by atoms with E-state index in [4.69, 9.17) is 19.8 Å². The number of nitrogen functional groups attached to an aromatic ring is 1. The summed E-state index contributed by atoms with van der Waals surface area (Å²) in [5, 5.41) is 0. The molecule has 21 heavy (non-hydrogen) atoms. The van der Waals surface area contributed by atoms with Crippen molar-refractivity contribution in [2.45, 2.75) is 45.8 Å². The molecule has 2 rings (SSSR count). The van der Waals surface area contributed by atoms with Crippen LogP contribution in [0.2, 0.25) is 0 Å². The van der Waals surface area contributed by atoms with Gasteiger partial charge in [-0.1, -0.05) is 12.1 Å². The van der Waals surface area contributed by atoms with Crippen LogP contribution < -0.4 is 10.5 Å². The molecular formula is C15H23BN2O3. The first-order chi connectivity index (χ1) is 9.75. The van der Waals surface area contributed by atoms with Gasteiger partial charge >= 0.3 is 7.12 Å². The molecule has 2 N–H and O–H groups in total. The van der Waals surface area contributed by atoms with Crippen LogP contribution in [0.5, 0.6) is 5.88 Å². The summed E-state index contributed by atoms with van der Waals surface area (Å²) in [7, 11) is -0.388.